The van der Waals surface area contributed by atoms with E-state index >= 15 is 0 Å². The number of hydrogen-bond donors (Lipinski definition) is 2. The van der Waals surface area contributed by atoms with Crippen molar-refractivity contribution in [2.75, 3.05) is 23.4 Å². The number of piperidine rings is 1. The zero-order chi connectivity index (χ0) is 17.9. The van der Waals surface area contributed by atoms with Crippen molar-refractivity contribution >= 4 is 11.6 Å². The second-order valence-electron chi connectivity index (χ2n) is 7.30. The maximum Gasteiger partial charge on any atom is 0.134 e. The van der Waals surface area contributed by atoms with E-state index in [0.717, 1.165) is 55.5 Å². The Kier molecular flexibility index (Phi) is 5.06. The highest BCUT2D eigenvalue weighted by Gasteiger charge is 2.23. The minimum Gasteiger partial charge on any atom is -0.394 e. The summed E-state index contributed by atoms with van der Waals surface area (Å²) in [5.41, 5.74) is 2.50. The fraction of sp³-hybridized carbons (Fsp3) is 0.632. The number of anilines is 2. The van der Waals surface area contributed by atoms with Crippen LogP contribution < -0.4 is 10.2 Å². The molecule has 2 aliphatic rings. The van der Waals surface area contributed by atoms with Gasteiger partial charge in [0.2, 0.25) is 0 Å². The summed E-state index contributed by atoms with van der Waals surface area (Å²) in [6.07, 6.45) is 8.53. The zero-order valence-corrected chi connectivity index (χ0v) is 15.5. The zero-order valence-electron chi connectivity index (χ0n) is 15.5. The molecule has 2 N–H and O–H groups in total. The van der Waals surface area contributed by atoms with E-state index in [9.17, 15) is 5.11 Å². The summed E-state index contributed by atoms with van der Waals surface area (Å²) >= 11 is 0. The molecular weight excluding hydrogens is 328 g/mol. The predicted octanol–water partition coefficient (Wildman–Crippen LogP) is 2.28. The second kappa shape index (κ2) is 7.61. The third kappa shape index (κ3) is 3.40. The Labute approximate surface area is 154 Å². The van der Waals surface area contributed by atoms with Gasteiger partial charge >= 0.3 is 0 Å². The third-order valence-corrected chi connectivity index (χ3v) is 5.61. The van der Waals surface area contributed by atoms with Gasteiger partial charge in [-0.2, -0.15) is 0 Å². The van der Waals surface area contributed by atoms with Crippen molar-refractivity contribution in [1.82, 2.24) is 19.5 Å². The van der Waals surface area contributed by atoms with E-state index in [1.165, 1.54) is 25.0 Å². The maximum absolute atomic E-state index is 9.65. The lowest BCUT2D eigenvalue weighted by atomic mass is 10.0. The number of aromatic nitrogens is 4. The number of aryl methyl sites for hydroxylation is 1. The molecule has 0 saturated carbocycles. The van der Waals surface area contributed by atoms with E-state index in [4.69, 9.17) is 4.98 Å². The van der Waals surface area contributed by atoms with Gasteiger partial charge in [-0.25, -0.2) is 15.0 Å². The summed E-state index contributed by atoms with van der Waals surface area (Å²) in [4.78, 5) is 15.8. The highest BCUT2D eigenvalue weighted by molar-refractivity contribution is 5.49. The van der Waals surface area contributed by atoms with Crippen LogP contribution in [0.25, 0.3) is 0 Å². The fourth-order valence-corrected chi connectivity index (χ4v) is 4.22. The van der Waals surface area contributed by atoms with Crippen molar-refractivity contribution < 1.29 is 5.11 Å². The first kappa shape index (κ1) is 17.3. The van der Waals surface area contributed by atoms with Gasteiger partial charge in [-0.15, -0.1) is 0 Å². The van der Waals surface area contributed by atoms with Gasteiger partial charge in [0.05, 0.1) is 24.9 Å². The minimum absolute atomic E-state index is 0.161. The summed E-state index contributed by atoms with van der Waals surface area (Å²) in [6, 6.07) is 2.15. The van der Waals surface area contributed by atoms with Crippen LogP contribution in [0.1, 0.15) is 49.3 Å². The van der Waals surface area contributed by atoms with Crippen molar-refractivity contribution in [2.24, 2.45) is 0 Å². The van der Waals surface area contributed by atoms with Crippen molar-refractivity contribution in [3.63, 3.8) is 0 Å². The Morgan fingerprint density at radius 3 is 2.96 bits per heavy atom. The molecule has 0 spiro atoms. The van der Waals surface area contributed by atoms with E-state index in [2.05, 4.69) is 31.7 Å². The molecule has 0 aliphatic carbocycles. The van der Waals surface area contributed by atoms with E-state index in [0.29, 0.717) is 6.54 Å². The molecule has 1 unspecified atom stereocenters. The number of nitrogens with one attached hydrogen (secondary N) is 1. The molecule has 1 atom stereocenters. The summed E-state index contributed by atoms with van der Waals surface area (Å²) in [7, 11) is 0. The van der Waals surface area contributed by atoms with Crippen LogP contribution in [0, 0.1) is 6.92 Å². The van der Waals surface area contributed by atoms with Crippen LogP contribution in [0.3, 0.4) is 0 Å². The van der Waals surface area contributed by atoms with Gasteiger partial charge in [0.1, 0.15) is 23.8 Å². The van der Waals surface area contributed by atoms with Crippen LogP contribution in [0.5, 0.6) is 0 Å². The van der Waals surface area contributed by atoms with E-state index in [1.807, 2.05) is 6.07 Å². The van der Waals surface area contributed by atoms with Gasteiger partial charge in [0, 0.05) is 24.8 Å². The molecule has 0 radical (unpaired) electrons. The molecule has 2 aromatic heterocycles. The summed E-state index contributed by atoms with van der Waals surface area (Å²) in [5.74, 6) is 2.82. The van der Waals surface area contributed by atoms with Gasteiger partial charge in [-0.1, -0.05) is 0 Å². The van der Waals surface area contributed by atoms with E-state index in [1.54, 1.807) is 6.33 Å². The molecule has 2 aliphatic heterocycles. The smallest absolute Gasteiger partial charge is 0.134 e. The van der Waals surface area contributed by atoms with Gasteiger partial charge in [-0.05, 0) is 45.4 Å². The fourth-order valence-electron chi connectivity index (χ4n) is 4.22. The summed E-state index contributed by atoms with van der Waals surface area (Å²) in [5, 5.41) is 13.1. The molecule has 7 nitrogen and oxygen atoms in total. The standard InChI is InChI=1S/C19H28N6O/c1-14-23-16(17-7-3-5-8-24(14)17)11-20-18-10-19(22-13-21-18)25-9-4-2-6-15(25)12-26/h10,13,15,26H,2-9,11-12H2,1H3,(H,20,21,22). The SMILES string of the molecule is Cc1nc(CNc2cc(N3CCCCC3CO)ncn2)c2n1CCCC2. The van der Waals surface area contributed by atoms with Crippen LogP contribution >= 0.6 is 0 Å². The van der Waals surface area contributed by atoms with Crippen LogP contribution in [-0.4, -0.2) is 43.8 Å². The van der Waals surface area contributed by atoms with Crippen LogP contribution in [-0.2, 0) is 19.5 Å². The lowest BCUT2D eigenvalue weighted by Gasteiger charge is -2.35. The quantitative estimate of drug-likeness (QED) is 0.856. The van der Waals surface area contributed by atoms with Crippen molar-refractivity contribution in [3.8, 4) is 0 Å². The predicted molar refractivity (Wildman–Crippen MR) is 101 cm³/mol. The monoisotopic (exact) mass is 356 g/mol. The molecule has 0 amide bonds. The first-order chi connectivity index (χ1) is 12.8. The first-order valence-corrected chi connectivity index (χ1v) is 9.74. The molecular formula is C19H28N6O. The number of rotatable bonds is 5. The maximum atomic E-state index is 9.65. The van der Waals surface area contributed by atoms with Crippen molar-refractivity contribution in [2.45, 2.75) is 64.6 Å². The van der Waals surface area contributed by atoms with Gasteiger partial charge in [0.15, 0.2) is 0 Å². The van der Waals surface area contributed by atoms with Crippen molar-refractivity contribution in [3.05, 3.63) is 29.6 Å². The Morgan fingerprint density at radius 2 is 2.08 bits per heavy atom. The number of imidazole rings is 1. The Hall–Kier alpha value is -2.15. The molecule has 1 fully saturated rings. The number of nitrogens with zero attached hydrogens (tertiary/aromatic N) is 5. The molecule has 140 valence electrons. The summed E-state index contributed by atoms with van der Waals surface area (Å²) in [6.45, 7) is 4.97. The van der Waals surface area contributed by atoms with Gasteiger partial charge in [0.25, 0.3) is 0 Å². The Bertz CT molecular complexity index is 758. The van der Waals surface area contributed by atoms with E-state index < -0.39 is 0 Å². The molecule has 2 aromatic rings. The first-order valence-electron chi connectivity index (χ1n) is 9.74. The van der Waals surface area contributed by atoms with Crippen LogP contribution in [0.15, 0.2) is 12.4 Å². The normalized spacial score (nSPS) is 20.1. The molecule has 1 saturated heterocycles. The average molecular weight is 356 g/mol. The molecule has 0 bridgehead atoms. The molecule has 4 heterocycles. The highest BCUT2D eigenvalue weighted by Crippen LogP contribution is 2.25. The van der Waals surface area contributed by atoms with Crippen molar-refractivity contribution in [1.29, 1.82) is 0 Å². The number of aliphatic hydroxyl groups excluding tert-OH is 1. The number of fused-ring (bicyclic) bond motifs is 1. The number of aliphatic hydroxyl groups is 1. The van der Waals surface area contributed by atoms with Gasteiger partial charge < -0.3 is 19.9 Å². The summed E-state index contributed by atoms with van der Waals surface area (Å²) < 4.78 is 2.35. The molecule has 7 heteroatoms. The topological polar surface area (TPSA) is 79.1 Å². The lowest BCUT2D eigenvalue weighted by Crippen LogP contribution is -2.42. The average Bonchev–Trinajstić information content (AvgIpc) is 3.03. The largest absolute Gasteiger partial charge is 0.394 e. The minimum atomic E-state index is 0.161. The van der Waals surface area contributed by atoms with Crippen LogP contribution in [0.2, 0.25) is 0 Å². The third-order valence-electron chi connectivity index (χ3n) is 5.61. The number of hydrogen-bond acceptors (Lipinski definition) is 6. The second-order valence-corrected chi connectivity index (χ2v) is 7.30. The van der Waals surface area contributed by atoms with E-state index in [-0.39, 0.29) is 12.6 Å². The molecule has 26 heavy (non-hydrogen) atoms. The Morgan fingerprint density at radius 1 is 1.19 bits per heavy atom. The highest BCUT2D eigenvalue weighted by atomic mass is 16.3. The lowest BCUT2D eigenvalue weighted by molar-refractivity contribution is 0.239. The van der Waals surface area contributed by atoms with Gasteiger partial charge in [-0.3, -0.25) is 0 Å². The molecule has 4 rings (SSSR count). The molecule has 0 aromatic carbocycles. The Balaban J connectivity index is 1.48. The van der Waals surface area contributed by atoms with Crippen LogP contribution in [0.4, 0.5) is 11.6 Å².